The number of aromatic nitrogens is 1. The number of ether oxygens (including phenoxy) is 3. The maximum atomic E-state index is 11.9. The van der Waals surface area contributed by atoms with Gasteiger partial charge in [-0.05, 0) is 73.7 Å². The number of nitrogens with zero attached hydrogens (tertiary/aromatic N) is 3. The number of carbonyl (C=O) groups is 1. The number of methoxy groups -OCH3 is 1. The molecule has 0 aliphatic carbocycles. The number of benzene rings is 3. The molecule has 4 aromatic rings. The molecule has 2 fully saturated rings. The largest absolute Gasteiger partial charge is 0.496 e. The van der Waals surface area contributed by atoms with Crippen LogP contribution in [0.1, 0.15) is 36.8 Å². The molecule has 2 aliphatic rings. The Balaban J connectivity index is 1.20. The van der Waals surface area contributed by atoms with Crippen molar-refractivity contribution < 1.29 is 28.5 Å². The first-order valence-corrected chi connectivity index (χ1v) is 15.6. The van der Waals surface area contributed by atoms with E-state index in [9.17, 15) is 9.90 Å². The molecule has 2 saturated heterocycles. The molecule has 9 nitrogen and oxygen atoms in total. The summed E-state index contributed by atoms with van der Waals surface area (Å²) in [6.45, 7) is 8.60. The molecular formula is C35H41N3O6. The maximum absolute atomic E-state index is 11.9. The molecule has 3 aromatic carbocycles. The van der Waals surface area contributed by atoms with Gasteiger partial charge >= 0.3 is 5.97 Å². The van der Waals surface area contributed by atoms with Crippen LogP contribution >= 0.6 is 0 Å². The summed E-state index contributed by atoms with van der Waals surface area (Å²) in [6.07, 6.45) is 3.55. The highest BCUT2D eigenvalue weighted by Crippen LogP contribution is 2.36. The highest BCUT2D eigenvalue weighted by atomic mass is 16.5. The number of carboxylic acid groups (broad SMARTS) is 1. The van der Waals surface area contributed by atoms with Gasteiger partial charge in [-0.15, -0.1) is 0 Å². The second-order valence-corrected chi connectivity index (χ2v) is 11.6. The van der Waals surface area contributed by atoms with E-state index in [4.69, 9.17) is 23.6 Å². The van der Waals surface area contributed by atoms with E-state index < -0.39 is 12.0 Å². The topological polar surface area (TPSA) is 97.5 Å². The van der Waals surface area contributed by atoms with Crippen molar-refractivity contribution >= 4 is 17.1 Å². The number of piperidine rings is 1. The molecule has 6 rings (SSSR count). The molecular weight excluding hydrogens is 558 g/mol. The number of rotatable bonds is 11. The highest BCUT2D eigenvalue weighted by molar-refractivity contribution is 5.82. The van der Waals surface area contributed by atoms with E-state index in [1.165, 1.54) is 0 Å². The van der Waals surface area contributed by atoms with Crippen molar-refractivity contribution in [2.24, 2.45) is 0 Å². The van der Waals surface area contributed by atoms with E-state index in [1.54, 1.807) is 7.11 Å². The van der Waals surface area contributed by atoms with Crippen molar-refractivity contribution in [3.8, 4) is 34.1 Å². The van der Waals surface area contributed by atoms with Crippen LogP contribution in [-0.2, 0) is 16.1 Å². The standard InChI is InChI=1S/C35H41N3O6/c1-24-28(25-8-5-9-27(20-25)43-17-7-13-37-15-18-42-19-16-37)10-6-11-29(24)34-36-30-22-32(41-2)26(21-33(30)44-34)23-38-14-4-3-12-31(38)35(39)40/h5-6,8-11,20-22,31H,3-4,7,12-19,23H2,1-2H3,(H,39,40). The summed E-state index contributed by atoms with van der Waals surface area (Å²) in [6, 6.07) is 17.7. The number of morpholine rings is 1. The number of carboxylic acids is 1. The summed E-state index contributed by atoms with van der Waals surface area (Å²) in [5.74, 6) is 1.30. The first-order valence-electron chi connectivity index (χ1n) is 15.6. The Morgan fingerprint density at radius 2 is 1.86 bits per heavy atom. The number of aliphatic carboxylic acids is 1. The number of likely N-dealkylation sites (tertiary alicyclic amines) is 1. The predicted molar refractivity (Wildman–Crippen MR) is 169 cm³/mol. The van der Waals surface area contributed by atoms with Gasteiger partial charge in [-0.2, -0.15) is 0 Å². The lowest BCUT2D eigenvalue weighted by Crippen LogP contribution is -2.44. The van der Waals surface area contributed by atoms with Crippen LogP contribution in [0.4, 0.5) is 0 Å². The van der Waals surface area contributed by atoms with Gasteiger partial charge in [-0.1, -0.05) is 30.7 Å². The van der Waals surface area contributed by atoms with Crippen LogP contribution in [0, 0.1) is 6.92 Å². The van der Waals surface area contributed by atoms with E-state index in [1.807, 2.05) is 41.3 Å². The van der Waals surface area contributed by atoms with Crippen LogP contribution < -0.4 is 9.47 Å². The lowest BCUT2D eigenvalue weighted by Gasteiger charge is -2.33. The van der Waals surface area contributed by atoms with Gasteiger partial charge in [0.15, 0.2) is 5.58 Å². The zero-order valence-electron chi connectivity index (χ0n) is 25.6. The van der Waals surface area contributed by atoms with E-state index >= 15 is 0 Å². The molecule has 0 bridgehead atoms. The van der Waals surface area contributed by atoms with Gasteiger partial charge in [-0.3, -0.25) is 14.6 Å². The average molecular weight is 600 g/mol. The molecule has 2 aliphatic heterocycles. The van der Waals surface area contributed by atoms with Crippen LogP contribution in [0.3, 0.4) is 0 Å². The molecule has 3 heterocycles. The molecule has 0 spiro atoms. The lowest BCUT2D eigenvalue weighted by molar-refractivity contribution is -0.144. The molecule has 0 radical (unpaired) electrons. The summed E-state index contributed by atoms with van der Waals surface area (Å²) >= 11 is 0. The van der Waals surface area contributed by atoms with Gasteiger partial charge in [0.25, 0.3) is 0 Å². The number of oxazole rings is 1. The predicted octanol–water partition coefficient (Wildman–Crippen LogP) is 6.02. The van der Waals surface area contributed by atoms with Crippen molar-refractivity contribution in [2.75, 3.05) is 53.1 Å². The minimum absolute atomic E-state index is 0.478. The fourth-order valence-electron chi connectivity index (χ4n) is 6.34. The Bertz CT molecular complexity index is 1590. The molecule has 1 atom stereocenters. The van der Waals surface area contributed by atoms with Crippen molar-refractivity contribution in [3.63, 3.8) is 0 Å². The third kappa shape index (κ3) is 6.75. The Kier molecular flexibility index (Phi) is 9.45. The van der Waals surface area contributed by atoms with Gasteiger partial charge in [0.2, 0.25) is 5.89 Å². The Morgan fingerprint density at radius 3 is 2.68 bits per heavy atom. The zero-order chi connectivity index (χ0) is 30.5. The zero-order valence-corrected chi connectivity index (χ0v) is 25.6. The first-order chi connectivity index (χ1) is 21.5. The van der Waals surface area contributed by atoms with Gasteiger partial charge in [0, 0.05) is 43.4 Å². The van der Waals surface area contributed by atoms with Crippen molar-refractivity contribution in [2.45, 2.75) is 45.2 Å². The molecule has 0 saturated carbocycles. The molecule has 1 unspecified atom stereocenters. The van der Waals surface area contributed by atoms with Crippen LogP contribution in [0.5, 0.6) is 11.5 Å². The van der Waals surface area contributed by atoms with Gasteiger partial charge in [0.1, 0.15) is 23.1 Å². The van der Waals surface area contributed by atoms with Gasteiger partial charge < -0.3 is 23.7 Å². The minimum atomic E-state index is -0.775. The molecule has 1 N–H and O–H groups in total. The molecule has 9 heteroatoms. The Labute approximate surface area is 258 Å². The Hall–Kier alpha value is -3.92. The number of hydrogen-bond donors (Lipinski definition) is 1. The summed E-state index contributed by atoms with van der Waals surface area (Å²) in [5, 5.41) is 9.74. The molecule has 232 valence electrons. The molecule has 1 aromatic heterocycles. The third-order valence-corrected chi connectivity index (χ3v) is 8.76. The molecule has 0 amide bonds. The third-order valence-electron chi connectivity index (χ3n) is 8.76. The van der Waals surface area contributed by atoms with Crippen molar-refractivity contribution in [3.05, 3.63) is 65.7 Å². The number of fused-ring (bicyclic) bond motifs is 1. The van der Waals surface area contributed by atoms with E-state index in [2.05, 4.69) is 30.0 Å². The second kappa shape index (κ2) is 13.8. The van der Waals surface area contributed by atoms with E-state index in [-0.39, 0.29) is 0 Å². The van der Waals surface area contributed by atoms with Crippen LogP contribution in [0.15, 0.2) is 59.0 Å². The van der Waals surface area contributed by atoms with Crippen LogP contribution in [0.2, 0.25) is 0 Å². The summed E-state index contributed by atoms with van der Waals surface area (Å²) in [4.78, 5) is 21.1. The fourth-order valence-corrected chi connectivity index (χ4v) is 6.34. The SMILES string of the molecule is COc1cc2nc(-c3cccc(-c4cccc(OCCCN5CCOCC5)c4)c3C)oc2cc1CN1CCCCC1C(=O)O. The minimum Gasteiger partial charge on any atom is -0.496 e. The van der Waals surface area contributed by atoms with Crippen LogP contribution in [-0.4, -0.2) is 85.0 Å². The summed E-state index contributed by atoms with van der Waals surface area (Å²) < 4.78 is 23.6. The first kappa shape index (κ1) is 30.1. The average Bonchev–Trinajstić information content (AvgIpc) is 3.46. The van der Waals surface area contributed by atoms with Crippen molar-refractivity contribution in [1.82, 2.24) is 14.8 Å². The van der Waals surface area contributed by atoms with Crippen LogP contribution in [0.25, 0.3) is 33.7 Å². The Morgan fingerprint density at radius 1 is 1.05 bits per heavy atom. The maximum Gasteiger partial charge on any atom is 0.320 e. The van der Waals surface area contributed by atoms with Crippen molar-refractivity contribution in [1.29, 1.82) is 0 Å². The van der Waals surface area contributed by atoms with Gasteiger partial charge in [-0.25, -0.2) is 4.98 Å². The fraction of sp³-hybridized carbons (Fsp3) is 0.429. The van der Waals surface area contributed by atoms with E-state index in [0.717, 1.165) is 92.2 Å². The second-order valence-electron chi connectivity index (χ2n) is 11.6. The molecule has 44 heavy (non-hydrogen) atoms. The summed E-state index contributed by atoms with van der Waals surface area (Å²) in [5.41, 5.74) is 6.38. The highest BCUT2D eigenvalue weighted by Gasteiger charge is 2.29. The van der Waals surface area contributed by atoms with Gasteiger partial charge in [0.05, 0.1) is 26.9 Å². The summed E-state index contributed by atoms with van der Waals surface area (Å²) in [7, 11) is 1.63. The lowest BCUT2D eigenvalue weighted by atomic mass is 9.96. The monoisotopic (exact) mass is 599 g/mol. The smallest absolute Gasteiger partial charge is 0.320 e. The quantitative estimate of drug-likeness (QED) is 0.208. The van der Waals surface area contributed by atoms with E-state index in [0.29, 0.717) is 42.3 Å². The number of hydrogen-bond acceptors (Lipinski definition) is 8. The normalized spacial score (nSPS) is 18.0.